The van der Waals surface area contributed by atoms with Crippen molar-refractivity contribution in [2.45, 2.75) is 19.4 Å². The van der Waals surface area contributed by atoms with Crippen LogP contribution in [0.1, 0.15) is 12.8 Å². The number of aromatic nitrogens is 2. The SMILES string of the molecule is O=c1cc(N2CCOCC2)cnn1CCNCC1CC1. The van der Waals surface area contributed by atoms with Gasteiger partial charge in [-0.2, -0.15) is 5.10 Å². The molecule has 1 aromatic rings. The maximum atomic E-state index is 12.0. The normalized spacial score (nSPS) is 19.3. The van der Waals surface area contributed by atoms with Crippen LogP contribution in [0.4, 0.5) is 5.69 Å². The molecule has 0 atom stereocenters. The summed E-state index contributed by atoms with van der Waals surface area (Å²) in [5, 5.41) is 7.64. The minimum Gasteiger partial charge on any atom is -0.378 e. The van der Waals surface area contributed by atoms with Gasteiger partial charge in [-0.05, 0) is 25.3 Å². The largest absolute Gasteiger partial charge is 0.378 e. The van der Waals surface area contributed by atoms with Gasteiger partial charge in [0.1, 0.15) is 0 Å². The van der Waals surface area contributed by atoms with Crippen LogP contribution in [0.15, 0.2) is 17.1 Å². The van der Waals surface area contributed by atoms with Gasteiger partial charge in [0, 0.05) is 25.7 Å². The van der Waals surface area contributed by atoms with Crippen LogP contribution in [0.5, 0.6) is 0 Å². The second-order valence-electron chi connectivity index (χ2n) is 5.52. The topological polar surface area (TPSA) is 59.4 Å². The van der Waals surface area contributed by atoms with E-state index in [-0.39, 0.29) is 5.56 Å². The number of hydrogen-bond acceptors (Lipinski definition) is 5. The summed E-state index contributed by atoms with van der Waals surface area (Å²) in [6, 6.07) is 1.68. The van der Waals surface area contributed by atoms with Gasteiger partial charge in [-0.15, -0.1) is 0 Å². The number of hydrogen-bond donors (Lipinski definition) is 1. The molecule has 2 heterocycles. The number of ether oxygens (including phenoxy) is 1. The highest BCUT2D eigenvalue weighted by molar-refractivity contribution is 5.43. The van der Waals surface area contributed by atoms with E-state index < -0.39 is 0 Å². The van der Waals surface area contributed by atoms with Crippen molar-refractivity contribution >= 4 is 5.69 Å². The Labute approximate surface area is 118 Å². The molecule has 1 aliphatic carbocycles. The monoisotopic (exact) mass is 278 g/mol. The smallest absolute Gasteiger partial charge is 0.268 e. The van der Waals surface area contributed by atoms with Crippen molar-refractivity contribution in [1.29, 1.82) is 0 Å². The Morgan fingerprint density at radius 1 is 1.35 bits per heavy atom. The van der Waals surface area contributed by atoms with Gasteiger partial charge in [0.15, 0.2) is 0 Å². The van der Waals surface area contributed by atoms with Gasteiger partial charge < -0.3 is 15.0 Å². The average Bonchev–Trinajstić information content (AvgIpc) is 3.30. The standard InChI is InChI=1S/C14H22N4O2/c19-14-9-13(17-5-7-20-8-6-17)11-16-18(14)4-3-15-10-12-1-2-12/h9,11-12,15H,1-8,10H2. The van der Waals surface area contributed by atoms with Crippen LogP contribution in [0, 0.1) is 5.92 Å². The number of morpholine rings is 1. The van der Waals surface area contributed by atoms with E-state index in [1.165, 1.54) is 17.5 Å². The van der Waals surface area contributed by atoms with Crippen molar-refractivity contribution in [1.82, 2.24) is 15.1 Å². The lowest BCUT2D eigenvalue weighted by Gasteiger charge is -2.28. The Bertz CT molecular complexity index is 492. The summed E-state index contributed by atoms with van der Waals surface area (Å²) >= 11 is 0. The lowest BCUT2D eigenvalue weighted by molar-refractivity contribution is 0.122. The van der Waals surface area contributed by atoms with Gasteiger partial charge >= 0.3 is 0 Å². The maximum absolute atomic E-state index is 12.0. The van der Waals surface area contributed by atoms with Crippen molar-refractivity contribution in [3.8, 4) is 0 Å². The van der Waals surface area contributed by atoms with Crippen molar-refractivity contribution in [3.05, 3.63) is 22.6 Å². The molecule has 0 amide bonds. The van der Waals surface area contributed by atoms with Crippen molar-refractivity contribution in [2.75, 3.05) is 44.3 Å². The molecule has 1 aromatic heterocycles. The Morgan fingerprint density at radius 2 is 2.15 bits per heavy atom. The predicted octanol–water partition coefficient (Wildman–Crippen LogP) is 0.0795. The second-order valence-corrected chi connectivity index (χ2v) is 5.52. The maximum Gasteiger partial charge on any atom is 0.268 e. The molecule has 6 nitrogen and oxygen atoms in total. The van der Waals surface area contributed by atoms with Crippen molar-refractivity contribution in [3.63, 3.8) is 0 Å². The number of rotatable bonds is 6. The summed E-state index contributed by atoms with van der Waals surface area (Å²) in [4.78, 5) is 14.2. The Morgan fingerprint density at radius 3 is 2.85 bits per heavy atom. The lowest BCUT2D eigenvalue weighted by Crippen LogP contribution is -2.37. The van der Waals surface area contributed by atoms with Crippen LogP contribution in [0.25, 0.3) is 0 Å². The van der Waals surface area contributed by atoms with Gasteiger partial charge in [-0.1, -0.05) is 0 Å². The molecular weight excluding hydrogens is 256 g/mol. The highest BCUT2D eigenvalue weighted by atomic mass is 16.5. The molecule has 20 heavy (non-hydrogen) atoms. The first kappa shape index (κ1) is 13.6. The molecule has 1 aliphatic heterocycles. The molecule has 0 bridgehead atoms. The Kier molecular flexibility index (Phi) is 4.32. The fraction of sp³-hybridized carbons (Fsp3) is 0.714. The zero-order valence-corrected chi connectivity index (χ0v) is 11.8. The molecule has 0 aromatic carbocycles. The third kappa shape index (κ3) is 3.58. The van der Waals surface area contributed by atoms with Gasteiger partial charge in [0.25, 0.3) is 5.56 Å². The average molecular weight is 278 g/mol. The van der Waals surface area contributed by atoms with Gasteiger partial charge in [-0.25, -0.2) is 4.68 Å². The van der Waals surface area contributed by atoms with Crippen LogP contribution in [0.3, 0.4) is 0 Å². The van der Waals surface area contributed by atoms with E-state index in [1.807, 2.05) is 0 Å². The fourth-order valence-corrected chi connectivity index (χ4v) is 2.40. The lowest BCUT2D eigenvalue weighted by atomic mass is 10.3. The first-order valence-electron chi connectivity index (χ1n) is 7.43. The molecule has 1 saturated carbocycles. The molecule has 6 heteroatoms. The van der Waals surface area contributed by atoms with Gasteiger partial charge in [0.05, 0.1) is 31.6 Å². The molecule has 1 N–H and O–H groups in total. The Hall–Kier alpha value is -1.40. The third-order valence-electron chi connectivity index (χ3n) is 3.86. The molecule has 110 valence electrons. The minimum atomic E-state index is -0.0257. The zero-order chi connectivity index (χ0) is 13.8. The van der Waals surface area contributed by atoms with E-state index in [1.54, 1.807) is 12.3 Å². The van der Waals surface area contributed by atoms with Crippen LogP contribution < -0.4 is 15.8 Å². The summed E-state index contributed by atoms with van der Waals surface area (Å²) in [6.07, 6.45) is 4.48. The summed E-state index contributed by atoms with van der Waals surface area (Å²) in [6.45, 7) is 5.60. The zero-order valence-electron chi connectivity index (χ0n) is 11.8. The molecule has 1 saturated heterocycles. The summed E-state index contributed by atoms with van der Waals surface area (Å²) < 4.78 is 6.84. The molecule has 3 rings (SSSR count). The number of nitrogens with zero attached hydrogens (tertiary/aromatic N) is 3. The van der Waals surface area contributed by atoms with Crippen molar-refractivity contribution in [2.24, 2.45) is 5.92 Å². The highest BCUT2D eigenvalue weighted by Crippen LogP contribution is 2.27. The minimum absolute atomic E-state index is 0.0257. The first-order chi connectivity index (χ1) is 9.83. The van der Waals surface area contributed by atoms with E-state index in [2.05, 4.69) is 15.3 Å². The molecular formula is C14H22N4O2. The number of anilines is 1. The molecule has 2 aliphatic rings. The molecule has 0 unspecified atom stereocenters. The quantitative estimate of drug-likeness (QED) is 0.747. The van der Waals surface area contributed by atoms with E-state index in [0.717, 1.165) is 37.8 Å². The van der Waals surface area contributed by atoms with Gasteiger partial charge in [-0.3, -0.25) is 4.79 Å². The Balaban J connectivity index is 1.54. The van der Waals surface area contributed by atoms with Gasteiger partial charge in [0.2, 0.25) is 0 Å². The highest BCUT2D eigenvalue weighted by Gasteiger charge is 2.20. The summed E-state index contributed by atoms with van der Waals surface area (Å²) in [5.41, 5.74) is 0.878. The molecule has 0 radical (unpaired) electrons. The fourth-order valence-electron chi connectivity index (χ4n) is 2.40. The molecule has 2 fully saturated rings. The van der Waals surface area contributed by atoms with E-state index in [0.29, 0.717) is 19.8 Å². The summed E-state index contributed by atoms with van der Waals surface area (Å²) in [7, 11) is 0. The van der Waals surface area contributed by atoms with E-state index >= 15 is 0 Å². The van der Waals surface area contributed by atoms with Crippen LogP contribution in [-0.2, 0) is 11.3 Å². The first-order valence-corrected chi connectivity index (χ1v) is 7.43. The molecule has 0 spiro atoms. The predicted molar refractivity (Wildman–Crippen MR) is 77.1 cm³/mol. The number of nitrogens with one attached hydrogen (secondary N) is 1. The second kappa shape index (κ2) is 6.37. The third-order valence-corrected chi connectivity index (χ3v) is 3.86. The van der Waals surface area contributed by atoms with Crippen LogP contribution in [0.2, 0.25) is 0 Å². The van der Waals surface area contributed by atoms with E-state index in [4.69, 9.17) is 4.74 Å². The summed E-state index contributed by atoms with van der Waals surface area (Å²) in [5.74, 6) is 0.864. The van der Waals surface area contributed by atoms with Crippen molar-refractivity contribution < 1.29 is 4.74 Å². The van der Waals surface area contributed by atoms with E-state index in [9.17, 15) is 4.79 Å². The van der Waals surface area contributed by atoms with Crippen LogP contribution >= 0.6 is 0 Å². The van der Waals surface area contributed by atoms with Crippen LogP contribution in [-0.4, -0.2) is 49.2 Å².